The number of halogens is 1. The summed E-state index contributed by atoms with van der Waals surface area (Å²) < 4.78 is 6.75. The van der Waals surface area contributed by atoms with Gasteiger partial charge in [-0.05, 0) is 24.6 Å². The maximum Gasteiger partial charge on any atom is 0.292 e. The maximum absolute atomic E-state index is 12.7. The first-order valence-corrected chi connectivity index (χ1v) is 8.93. The van der Waals surface area contributed by atoms with Crippen LogP contribution in [0.4, 0.5) is 11.4 Å². The van der Waals surface area contributed by atoms with Crippen LogP contribution in [0.1, 0.15) is 12.5 Å². The van der Waals surface area contributed by atoms with Crippen molar-refractivity contribution >= 4 is 28.9 Å². The molecule has 1 saturated heterocycles. The first-order valence-electron chi connectivity index (χ1n) is 8.55. The number of amides is 1. The Morgan fingerprint density at radius 2 is 1.96 bits per heavy atom. The van der Waals surface area contributed by atoms with Gasteiger partial charge in [0, 0.05) is 24.7 Å². The highest BCUT2D eigenvalue weighted by Crippen LogP contribution is 2.22. The van der Waals surface area contributed by atoms with Gasteiger partial charge in [0.05, 0.1) is 31.5 Å². The van der Waals surface area contributed by atoms with Crippen LogP contribution in [0.3, 0.4) is 0 Å². The molecule has 1 N–H and O–H groups in total. The number of carbonyl (C=O) groups is 1. The topological polar surface area (TPSA) is 76.5 Å². The van der Waals surface area contributed by atoms with Crippen molar-refractivity contribution in [3.8, 4) is 0 Å². The average Bonchev–Trinajstić information content (AvgIpc) is 2.65. The number of hydrogen-bond acceptors (Lipinski definition) is 5. The molecule has 1 fully saturated rings. The molecule has 1 aromatic carbocycles. The normalized spacial score (nSPS) is 14.3. The monoisotopic (exact) mass is 376 g/mol. The molecule has 2 heterocycles. The molecule has 2 aromatic rings. The molecule has 1 aromatic heterocycles. The molecule has 7 nitrogen and oxygen atoms in total. The van der Waals surface area contributed by atoms with Crippen LogP contribution in [0.2, 0.25) is 5.02 Å². The fourth-order valence-electron chi connectivity index (χ4n) is 2.87. The van der Waals surface area contributed by atoms with Crippen LogP contribution >= 0.6 is 11.6 Å². The zero-order chi connectivity index (χ0) is 18.5. The third-order valence-electron chi connectivity index (χ3n) is 4.20. The lowest BCUT2D eigenvalue weighted by molar-refractivity contribution is -0.115. The van der Waals surface area contributed by atoms with Crippen LogP contribution in [0, 0.1) is 0 Å². The van der Waals surface area contributed by atoms with Crippen molar-refractivity contribution in [2.24, 2.45) is 0 Å². The van der Waals surface area contributed by atoms with Crippen LogP contribution in [-0.4, -0.2) is 42.0 Å². The molecule has 1 aliphatic heterocycles. The number of aromatic nitrogens is 2. The van der Waals surface area contributed by atoms with Gasteiger partial charge in [0.15, 0.2) is 0 Å². The predicted octanol–water partition coefficient (Wildman–Crippen LogP) is 1.93. The van der Waals surface area contributed by atoms with Gasteiger partial charge in [0.1, 0.15) is 5.69 Å². The van der Waals surface area contributed by atoms with Gasteiger partial charge in [-0.2, -0.15) is 5.10 Å². The zero-order valence-electron chi connectivity index (χ0n) is 14.6. The van der Waals surface area contributed by atoms with Gasteiger partial charge in [-0.1, -0.05) is 23.7 Å². The van der Waals surface area contributed by atoms with Crippen LogP contribution in [0.25, 0.3) is 0 Å². The lowest BCUT2D eigenvalue weighted by Gasteiger charge is -2.29. The van der Waals surface area contributed by atoms with Gasteiger partial charge in [-0.3, -0.25) is 9.59 Å². The summed E-state index contributed by atoms with van der Waals surface area (Å²) in [6.45, 7) is 4.62. The summed E-state index contributed by atoms with van der Waals surface area (Å²) in [7, 11) is 0. The van der Waals surface area contributed by atoms with Crippen molar-refractivity contribution in [2.75, 3.05) is 36.5 Å². The van der Waals surface area contributed by atoms with Crippen molar-refractivity contribution < 1.29 is 9.53 Å². The Hall–Kier alpha value is -2.38. The number of morpholine rings is 1. The van der Waals surface area contributed by atoms with Crippen LogP contribution < -0.4 is 15.8 Å². The Balaban J connectivity index is 1.84. The Morgan fingerprint density at radius 3 is 2.62 bits per heavy atom. The second kappa shape index (κ2) is 8.33. The van der Waals surface area contributed by atoms with E-state index in [1.54, 1.807) is 24.3 Å². The number of benzene rings is 1. The summed E-state index contributed by atoms with van der Waals surface area (Å²) in [5, 5.41) is 7.59. The largest absolute Gasteiger partial charge is 0.378 e. The van der Waals surface area contributed by atoms with E-state index in [9.17, 15) is 9.59 Å². The van der Waals surface area contributed by atoms with Crippen LogP contribution in [0.15, 0.2) is 35.3 Å². The highest BCUT2D eigenvalue weighted by Gasteiger charge is 2.21. The van der Waals surface area contributed by atoms with Gasteiger partial charge in [0.25, 0.3) is 5.56 Å². The maximum atomic E-state index is 12.7. The fourth-order valence-corrected chi connectivity index (χ4v) is 3.00. The smallest absolute Gasteiger partial charge is 0.292 e. The molecule has 3 rings (SSSR count). The highest BCUT2D eigenvalue weighted by atomic mass is 35.5. The molecule has 0 unspecified atom stereocenters. The fraction of sp³-hybridized carbons (Fsp3) is 0.389. The second-order valence-electron chi connectivity index (χ2n) is 5.98. The number of carbonyl (C=O) groups excluding carboxylic acids is 1. The first kappa shape index (κ1) is 18.4. The van der Waals surface area contributed by atoms with E-state index in [0.29, 0.717) is 49.2 Å². The van der Waals surface area contributed by atoms with Gasteiger partial charge in [0.2, 0.25) is 5.91 Å². The average molecular weight is 377 g/mol. The van der Waals surface area contributed by atoms with E-state index >= 15 is 0 Å². The molecule has 0 radical (unpaired) electrons. The van der Waals surface area contributed by atoms with Crippen molar-refractivity contribution in [1.82, 2.24) is 9.78 Å². The molecule has 0 atom stereocenters. The molecular weight excluding hydrogens is 356 g/mol. The number of nitrogens with one attached hydrogen (secondary N) is 1. The first-order chi connectivity index (χ1) is 12.6. The van der Waals surface area contributed by atoms with E-state index in [4.69, 9.17) is 16.3 Å². The van der Waals surface area contributed by atoms with Crippen LogP contribution in [-0.2, 0) is 22.5 Å². The van der Waals surface area contributed by atoms with Gasteiger partial charge in [-0.15, -0.1) is 0 Å². The standard InChI is InChI=1S/C18H21ClN4O3/c1-2-23-18(25)17(22-7-9-26-10-8-22)15(12-20-23)21-16(24)11-13-3-5-14(19)6-4-13/h3-6,12H,2,7-11H2,1H3,(H,21,24). The quantitative estimate of drug-likeness (QED) is 0.862. The van der Waals surface area contributed by atoms with Crippen LogP contribution in [0.5, 0.6) is 0 Å². The molecule has 1 amide bonds. The molecule has 8 heteroatoms. The third kappa shape index (κ3) is 4.23. The van der Waals surface area contributed by atoms with E-state index < -0.39 is 0 Å². The lowest BCUT2D eigenvalue weighted by Crippen LogP contribution is -2.41. The molecule has 0 bridgehead atoms. The third-order valence-corrected chi connectivity index (χ3v) is 4.45. The Labute approximate surface area is 156 Å². The summed E-state index contributed by atoms with van der Waals surface area (Å²) in [5.74, 6) is -0.211. The number of aryl methyl sites for hydroxylation is 1. The summed E-state index contributed by atoms with van der Waals surface area (Å²) in [4.78, 5) is 27.1. The molecule has 1 aliphatic rings. The van der Waals surface area contributed by atoms with E-state index in [0.717, 1.165) is 5.56 Å². The van der Waals surface area contributed by atoms with E-state index in [1.807, 2.05) is 11.8 Å². The summed E-state index contributed by atoms with van der Waals surface area (Å²) in [5.41, 5.74) is 1.53. The molecule has 0 saturated carbocycles. The minimum absolute atomic E-state index is 0.191. The Morgan fingerprint density at radius 1 is 1.27 bits per heavy atom. The summed E-state index contributed by atoms with van der Waals surface area (Å²) >= 11 is 5.87. The predicted molar refractivity (Wildman–Crippen MR) is 101 cm³/mol. The Bertz CT molecular complexity index is 829. The minimum atomic E-state index is -0.211. The van der Waals surface area contributed by atoms with Gasteiger partial charge in [-0.25, -0.2) is 4.68 Å². The van der Waals surface area contributed by atoms with Crippen molar-refractivity contribution in [3.63, 3.8) is 0 Å². The van der Waals surface area contributed by atoms with E-state index in [2.05, 4.69) is 10.4 Å². The van der Waals surface area contributed by atoms with Gasteiger partial charge >= 0.3 is 0 Å². The molecule has 138 valence electrons. The minimum Gasteiger partial charge on any atom is -0.378 e. The summed E-state index contributed by atoms with van der Waals surface area (Å²) in [6.07, 6.45) is 1.73. The van der Waals surface area contributed by atoms with E-state index in [-0.39, 0.29) is 17.9 Å². The molecule has 0 spiro atoms. The molecule has 0 aliphatic carbocycles. The number of rotatable bonds is 5. The number of ether oxygens (including phenoxy) is 1. The number of hydrogen-bond donors (Lipinski definition) is 1. The van der Waals surface area contributed by atoms with Gasteiger partial charge < -0.3 is 15.0 Å². The van der Waals surface area contributed by atoms with Crippen molar-refractivity contribution in [2.45, 2.75) is 19.9 Å². The molecular formula is C18H21ClN4O3. The second-order valence-corrected chi connectivity index (χ2v) is 6.42. The summed E-state index contributed by atoms with van der Waals surface area (Å²) in [6, 6.07) is 7.09. The molecule has 26 heavy (non-hydrogen) atoms. The zero-order valence-corrected chi connectivity index (χ0v) is 15.3. The number of anilines is 2. The van der Waals surface area contributed by atoms with E-state index in [1.165, 1.54) is 10.9 Å². The Kier molecular flexibility index (Phi) is 5.90. The SMILES string of the molecule is CCn1ncc(NC(=O)Cc2ccc(Cl)cc2)c(N2CCOCC2)c1=O. The number of nitrogens with zero attached hydrogens (tertiary/aromatic N) is 3. The van der Waals surface area contributed by atoms with Crippen molar-refractivity contribution in [3.05, 3.63) is 51.4 Å². The van der Waals surface area contributed by atoms with Crippen molar-refractivity contribution in [1.29, 1.82) is 0 Å². The lowest BCUT2D eigenvalue weighted by atomic mass is 10.1. The highest BCUT2D eigenvalue weighted by molar-refractivity contribution is 6.30.